The topological polar surface area (TPSA) is 73.7 Å². The molecule has 0 atom stereocenters. The second-order valence-electron chi connectivity index (χ2n) is 8.68. The molecule has 7 nitrogen and oxygen atoms in total. The first-order valence-corrected chi connectivity index (χ1v) is 11.3. The van der Waals surface area contributed by atoms with Crippen molar-refractivity contribution in [3.05, 3.63) is 57.5 Å². The standard InChI is InChI=1S/C25H25F2N3O4/c1-3-34-25(32)19-10-30(15-4-5-15)23-17(24(19)31)7-6-16-18-9-28-22(29(2)11-21(26)27)8-14(18)12-33-13-20(16)23/h6-10,15,21H,3-5,11-13H2,1-2H3. The molecule has 178 valence electrons. The maximum Gasteiger partial charge on any atom is 0.343 e. The highest BCUT2D eigenvalue weighted by Gasteiger charge is 2.30. The van der Waals surface area contributed by atoms with Gasteiger partial charge in [0.05, 0.1) is 31.9 Å². The third-order valence-corrected chi connectivity index (χ3v) is 6.31. The van der Waals surface area contributed by atoms with E-state index in [0.717, 1.165) is 40.6 Å². The zero-order valence-corrected chi connectivity index (χ0v) is 19.0. The molecule has 0 radical (unpaired) electrons. The van der Waals surface area contributed by atoms with Crippen LogP contribution in [0, 0.1) is 0 Å². The zero-order chi connectivity index (χ0) is 24.0. The number of esters is 1. The third kappa shape index (κ3) is 3.94. The smallest absolute Gasteiger partial charge is 0.343 e. The van der Waals surface area contributed by atoms with Gasteiger partial charge < -0.3 is 18.9 Å². The Morgan fingerprint density at radius 2 is 2.09 bits per heavy atom. The average Bonchev–Trinajstić information content (AvgIpc) is 3.65. The monoisotopic (exact) mass is 469 g/mol. The van der Waals surface area contributed by atoms with Crippen molar-refractivity contribution in [2.45, 2.75) is 45.4 Å². The number of carbonyl (C=O) groups excluding carboxylic acids is 1. The highest BCUT2D eigenvalue weighted by atomic mass is 19.3. The van der Waals surface area contributed by atoms with Crippen molar-refractivity contribution >= 4 is 22.7 Å². The van der Waals surface area contributed by atoms with Crippen LogP contribution in [0.25, 0.3) is 22.0 Å². The van der Waals surface area contributed by atoms with Gasteiger partial charge in [0.15, 0.2) is 0 Å². The highest BCUT2D eigenvalue weighted by Crippen LogP contribution is 2.41. The molecule has 34 heavy (non-hydrogen) atoms. The van der Waals surface area contributed by atoms with E-state index in [1.807, 2.05) is 10.6 Å². The van der Waals surface area contributed by atoms with Crippen molar-refractivity contribution in [3.63, 3.8) is 0 Å². The van der Waals surface area contributed by atoms with Gasteiger partial charge in [0.25, 0.3) is 6.43 Å². The second kappa shape index (κ2) is 8.79. The lowest BCUT2D eigenvalue weighted by Gasteiger charge is -2.20. The maximum absolute atomic E-state index is 13.2. The quantitative estimate of drug-likeness (QED) is 0.501. The number of benzene rings is 1. The lowest BCUT2D eigenvalue weighted by molar-refractivity contribution is 0.0524. The van der Waals surface area contributed by atoms with Crippen molar-refractivity contribution in [2.24, 2.45) is 0 Å². The Balaban J connectivity index is 1.68. The molecule has 0 unspecified atom stereocenters. The largest absolute Gasteiger partial charge is 0.462 e. The molecule has 3 aromatic rings. The van der Waals surface area contributed by atoms with Crippen molar-refractivity contribution < 1.29 is 23.0 Å². The van der Waals surface area contributed by atoms with Crippen LogP contribution in [0.5, 0.6) is 0 Å². The number of hydrogen-bond acceptors (Lipinski definition) is 6. The summed E-state index contributed by atoms with van der Waals surface area (Å²) in [5, 5.41) is 0.449. The van der Waals surface area contributed by atoms with E-state index in [1.54, 1.807) is 38.5 Å². The Labute approximate surface area is 194 Å². The molecular formula is C25H25F2N3O4. The van der Waals surface area contributed by atoms with Gasteiger partial charge in [0.1, 0.15) is 11.4 Å². The van der Waals surface area contributed by atoms with E-state index in [9.17, 15) is 18.4 Å². The first-order chi connectivity index (χ1) is 16.4. The summed E-state index contributed by atoms with van der Waals surface area (Å²) >= 11 is 0. The number of fused-ring (bicyclic) bond motifs is 5. The fourth-order valence-electron chi connectivity index (χ4n) is 4.53. The summed E-state index contributed by atoms with van der Waals surface area (Å²) in [6, 6.07) is 5.57. The van der Waals surface area contributed by atoms with Crippen LogP contribution < -0.4 is 10.3 Å². The number of pyridine rings is 2. The lowest BCUT2D eigenvalue weighted by atomic mass is 9.95. The molecule has 2 aromatic heterocycles. The maximum atomic E-state index is 13.2. The van der Waals surface area contributed by atoms with Crippen molar-refractivity contribution in [1.82, 2.24) is 9.55 Å². The second-order valence-corrected chi connectivity index (χ2v) is 8.68. The number of halogens is 2. The molecule has 1 aliphatic heterocycles. The molecule has 1 aromatic carbocycles. The molecule has 3 heterocycles. The number of carbonyl (C=O) groups is 1. The van der Waals surface area contributed by atoms with E-state index < -0.39 is 18.9 Å². The van der Waals surface area contributed by atoms with E-state index in [2.05, 4.69) is 4.98 Å². The summed E-state index contributed by atoms with van der Waals surface area (Å²) in [4.78, 5) is 31.5. The van der Waals surface area contributed by atoms with Crippen LogP contribution in [0.4, 0.5) is 14.6 Å². The Morgan fingerprint density at radius 3 is 2.79 bits per heavy atom. The Hall–Kier alpha value is -3.33. The Bertz CT molecular complexity index is 1330. The minimum absolute atomic E-state index is 0.0320. The van der Waals surface area contributed by atoms with Gasteiger partial charge in [0, 0.05) is 42.0 Å². The van der Waals surface area contributed by atoms with Crippen LogP contribution >= 0.6 is 0 Å². The van der Waals surface area contributed by atoms with Gasteiger partial charge in [-0.1, -0.05) is 6.07 Å². The van der Waals surface area contributed by atoms with Gasteiger partial charge in [0.2, 0.25) is 5.43 Å². The SMILES string of the molecule is CCOC(=O)c1cn(C2CC2)c2c3c(ccc2c1=O)-c1cnc(N(C)CC(F)F)cc1COC3. The number of anilines is 1. The summed E-state index contributed by atoms with van der Waals surface area (Å²) < 4.78 is 38.8. The molecule has 0 N–H and O–H groups in total. The molecular weight excluding hydrogens is 444 g/mol. The Kier molecular flexibility index (Phi) is 5.81. The first kappa shape index (κ1) is 22.5. The van der Waals surface area contributed by atoms with E-state index in [4.69, 9.17) is 9.47 Å². The lowest BCUT2D eigenvalue weighted by Crippen LogP contribution is -2.25. The minimum Gasteiger partial charge on any atom is -0.462 e. The van der Waals surface area contributed by atoms with Crippen LogP contribution in [0.3, 0.4) is 0 Å². The molecule has 0 spiro atoms. The van der Waals surface area contributed by atoms with Gasteiger partial charge in [-0.15, -0.1) is 0 Å². The van der Waals surface area contributed by atoms with Crippen LogP contribution in [0.15, 0.2) is 35.4 Å². The predicted molar refractivity (Wildman–Crippen MR) is 123 cm³/mol. The van der Waals surface area contributed by atoms with Crippen LogP contribution in [0.2, 0.25) is 0 Å². The van der Waals surface area contributed by atoms with Crippen molar-refractivity contribution in [2.75, 3.05) is 25.1 Å². The summed E-state index contributed by atoms with van der Waals surface area (Å²) in [7, 11) is 1.58. The Morgan fingerprint density at radius 1 is 1.29 bits per heavy atom. The molecule has 1 saturated carbocycles. The summed E-state index contributed by atoms with van der Waals surface area (Å²) in [6.07, 6.45) is 2.75. The molecule has 1 aliphatic carbocycles. The fraction of sp³-hybridized carbons (Fsp3) is 0.400. The van der Waals surface area contributed by atoms with Crippen LogP contribution in [0.1, 0.15) is 47.3 Å². The van der Waals surface area contributed by atoms with Crippen molar-refractivity contribution in [1.29, 1.82) is 0 Å². The normalized spacial score (nSPS) is 15.1. The third-order valence-electron chi connectivity index (χ3n) is 6.31. The van der Waals surface area contributed by atoms with E-state index in [-0.39, 0.29) is 36.9 Å². The summed E-state index contributed by atoms with van der Waals surface area (Å²) in [5.74, 6) is -0.175. The highest BCUT2D eigenvalue weighted by molar-refractivity contribution is 5.96. The van der Waals surface area contributed by atoms with Crippen LogP contribution in [-0.2, 0) is 22.7 Å². The van der Waals surface area contributed by atoms with Gasteiger partial charge in [-0.05, 0) is 43.0 Å². The van der Waals surface area contributed by atoms with E-state index in [0.29, 0.717) is 11.2 Å². The number of alkyl halides is 2. The van der Waals surface area contributed by atoms with Gasteiger partial charge >= 0.3 is 5.97 Å². The zero-order valence-electron chi connectivity index (χ0n) is 19.0. The van der Waals surface area contributed by atoms with Gasteiger partial charge in [-0.2, -0.15) is 0 Å². The first-order valence-electron chi connectivity index (χ1n) is 11.3. The van der Waals surface area contributed by atoms with Crippen molar-refractivity contribution in [3.8, 4) is 11.1 Å². The number of aromatic nitrogens is 2. The molecule has 0 bridgehead atoms. The van der Waals surface area contributed by atoms with E-state index >= 15 is 0 Å². The number of ether oxygens (including phenoxy) is 2. The summed E-state index contributed by atoms with van der Waals surface area (Å²) in [5.41, 5.74) is 3.84. The van der Waals surface area contributed by atoms with Crippen LogP contribution in [-0.4, -0.2) is 42.1 Å². The molecule has 5 rings (SSSR count). The molecule has 2 aliphatic rings. The van der Waals surface area contributed by atoms with Gasteiger partial charge in [-0.3, -0.25) is 4.79 Å². The predicted octanol–water partition coefficient (Wildman–Crippen LogP) is 4.31. The number of hydrogen-bond donors (Lipinski definition) is 0. The number of rotatable bonds is 6. The fourth-order valence-corrected chi connectivity index (χ4v) is 4.53. The number of nitrogens with zero attached hydrogens (tertiary/aromatic N) is 3. The molecule has 0 amide bonds. The van der Waals surface area contributed by atoms with Gasteiger partial charge in [-0.25, -0.2) is 18.6 Å². The minimum atomic E-state index is -2.47. The molecule has 1 fully saturated rings. The average molecular weight is 469 g/mol. The molecule has 9 heteroatoms. The molecule has 0 saturated heterocycles. The van der Waals surface area contributed by atoms with E-state index in [1.165, 1.54) is 4.90 Å². The summed E-state index contributed by atoms with van der Waals surface area (Å²) in [6.45, 7) is 2.05.